The van der Waals surface area contributed by atoms with Gasteiger partial charge in [-0.25, -0.2) is 0 Å². The highest BCUT2D eigenvalue weighted by atomic mass is 16.5. The molecular formula is C18H24O2. The number of carbonyl (C=O) groups is 1. The Morgan fingerprint density at radius 1 is 1.20 bits per heavy atom. The van der Waals surface area contributed by atoms with Gasteiger partial charge in [-0.1, -0.05) is 49.8 Å². The van der Waals surface area contributed by atoms with Crippen LogP contribution >= 0.6 is 0 Å². The Balaban J connectivity index is 2.13. The lowest BCUT2D eigenvalue weighted by atomic mass is 9.96. The van der Waals surface area contributed by atoms with Crippen LogP contribution in [0.15, 0.2) is 35.9 Å². The van der Waals surface area contributed by atoms with Crippen molar-refractivity contribution in [1.29, 1.82) is 0 Å². The smallest absolute Gasteiger partial charge is 0.309 e. The van der Waals surface area contributed by atoms with Crippen LogP contribution in [0, 0.1) is 17.3 Å². The third-order valence-electron chi connectivity index (χ3n) is 4.88. The van der Waals surface area contributed by atoms with Crippen LogP contribution in [0.1, 0.15) is 39.7 Å². The van der Waals surface area contributed by atoms with E-state index in [2.05, 4.69) is 52.0 Å². The van der Waals surface area contributed by atoms with Crippen molar-refractivity contribution in [3.8, 4) is 0 Å². The summed E-state index contributed by atoms with van der Waals surface area (Å²) in [5.41, 5.74) is 4.00. The van der Waals surface area contributed by atoms with E-state index >= 15 is 0 Å². The summed E-state index contributed by atoms with van der Waals surface area (Å²) < 4.78 is 4.91. The first-order chi connectivity index (χ1) is 9.39. The van der Waals surface area contributed by atoms with E-state index in [4.69, 9.17) is 4.74 Å². The van der Waals surface area contributed by atoms with Crippen LogP contribution in [0.5, 0.6) is 0 Å². The highest BCUT2D eigenvalue weighted by molar-refractivity contribution is 5.78. The Morgan fingerprint density at radius 2 is 1.80 bits per heavy atom. The maximum absolute atomic E-state index is 11.8. The maximum Gasteiger partial charge on any atom is 0.309 e. The molecule has 108 valence electrons. The molecule has 0 amide bonds. The molecule has 1 aliphatic rings. The van der Waals surface area contributed by atoms with E-state index < -0.39 is 0 Å². The molecule has 1 saturated carbocycles. The Hall–Kier alpha value is -1.57. The third kappa shape index (κ3) is 2.65. The second-order valence-electron chi connectivity index (χ2n) is 6.40. The van der Waals surface area contributed by atoms with Gasteiger partial charge in [-0.05, 0) is 42.7 Å². The number of hydrogen-bond acceptors (Lipinski definition) is 2. The molecule has 2 atom stereocenters. The number of ether oxygens (including phenoxy) is 1. The van der Waals surface area contributed by atoms with Gasteiger partial charge in [0.2, 0.25) is 0 Å². The minimum atomic E-state index is -0.0647. The molecule has 2 nitrogen and oxygen atoms in total. The zero-order chi connectivity index (χ0) is 14.9. The van der Waals surface area contributed by atoms with Gasteiger partial charge in [0.05, 0.1) is 13.0 Å². The van der Waals surface area contributed by atoms with E-state index in [1.165, 1.54) is 23.8 Å². The van der Waals surface area contributed by atoms with Gasteiger partial charge < -0.3 is 4.74 Å². The molecule has 0 N–H and O–H groups in total. The third-order valence-corrected chi connectivity index (χ3v) is 4.88. The van der Waals surface area contributed by atoms with E-state index in [0.717, 1.165) is 6.42 Å². The molecule has 0 aromatic heterocycles. The monoisotopic (exact) mass is 272 g/mol. The zero-order valence-corrected chi connectivity index (χ0v) is 13.1. The van der Waals surface area contributed by atoms with Crippen molar-refractivity contribution < 1.29 is 9.53 Å². The van der Waals surface area contributed by atoms with Crippen LogP contribution in [0.3, 0.4) is 0 Å². The molecule has 1 aromatic carbocycles. The van der Waals surface area contributed by atoms with Gasteiger partial charge in [0.1, 0.15) is 0 Å². The first kappa shape index (κ1) is 14.8. The SMILES string of the molecule is COC(=O)C1C(C/C(C)=C(/C)c2ccccc2)C1(C)C. The Labute approximate surface area is 121 Å². The highest BCUT2D eigenvalue weighted by Gasteiger charge is 2.61. The average Bonchev–Trinajstić information content (AvgIpc) is 2.99. The summed E-state index contributed by atoms with van der Waals surface area (Å²) in [6, 6.07) is 10.4. The van der Waals surface area contributed by atoms with E-state index in [9.17, 15) is 4.79 Å². The fraction of sp³-hybridized carbons (Fsp3) is 0.500. The minimum Gasteiger partial charge on any atom is -0.469 e. The number of benzene rings is 1. The molecule has 0 saturated heterocycles. The summed E-state index contributed by atoms with van der Waals surface area (Å²) in [5, 5.41) is 0. The molecule has 2 rings (SSSR count). The minimum absolute atomic E-state index is 0.0472. The Kier molecular flexibility index (Phi) is 4.03. The van der Waals surface area contributed by atoms with Gasteiger partial charge in [0.15, 0.2) is 0 Å². The lowest BCUT2D eigenvalue weighted by Crippen LogP contribution is -2.07. The first-order valence-electron chi connectivity index (χ1n) is 7.19. The van der Waals surface area contributed by atoms with Crippen LogP contribution in [0.25, 0.3) is 5.57 Å². The van der Waals surface area contributed by atoms with Crippen molar-refractivity contribution in [2.75, 3.05) is 7.11 Å². The Bertz CT molecular complexity index is 526. The molecule has 0 radical (unpaired) electrons. The van der Waals surface area contributed by atoms with Gasteiger partial charge in [-0.15, -0.1) is 0 Å². The number of methoxy groups -OCH3 is 1. The van der Waals surface area contributed by atoms with E-state index in [-0.39, 0.29) is 17.3 Å². The normalized spacial score (nSPS) is 24.9. The van der Waals surface area contributed by atoms with Gasteiger partial charge in [0.25, 0.3) is 0 Å². The Morgan fingerprint density at radius 3 is 2.35 bits per heavy atom. The van der Waals surface area contributed by atoms with Gasteiger partial charge >= 0.3 is 5.97 Å². The molecule has 1 aliphatic carbocycles. The van der Waals surface area contributed by atoms with Gasteiger partial charge in [-0.2, -0.15) is 0 Å². The zero-order valence-electron chi connectivity index (χ0n) is 13.1. The molecule has 2 unspecified atom stereocenters. The molecule has 0 bridgehead atoms. The van der Waals surface area contributed by atoms with Gasteiger partial charge in [0, 0.05) is 0 Å². The molecule has 20 heavy (non-hydrogen) atoms. The van der Waals surface area contributed by atoms with Crippen molar-refractivity contribution in [2.45, 2.75) is 34.1 Å². The second kappa shape index (κ2) is 5.43. The quantitative estimate of drug-likeness (QED) is 0.763. The molecular weight excluding hydrogens is 248 g/mol. The van der Waals surface area contributed by atoms with E-state index in [1.807, 2.05) is 6.07 Å². The number of carbonyl (C=O) groups excluding carboxylic acids is 1. The predicted molar refractivity (Wildman–Crippen MR) is 82.1 cm³/mol. The second-order valence-corrected chi connectivity index (χ2v) is 6.40. The van der Waals surface area contributed by atoms with Gasteiger partial charge in [-0.3, -0.25) is 4.79 Å². The lowest BCUT2D eigenvalue weighted by Gasteiger charge is -2.09. The predicted octanol–water partition coefficient (Wildman–Crippen LogP) is 4.32. The largest absolute Gasteiger partial charge is 0.469 e. The van der Waals surface area contributed by atoms with Crippen LogP contribution in [0.4, 0.5) is 0 Å². The number of rotatable bonds is 4. The lowest BCUT2D eigenvalue weighted by molar-refractivity contribution is -0.143. The van der Waals surface area contributed by atoms with Crippen LogP contribution in [0.2, 0.25) is 0 Å². The van der Waals surface area contributed by atoms with Crippen LogP contribution in [-0.2, 0) is 9.53 Å². The summed E-state index contributed by atoms with van der Waals surface area (Å²) in [4.78, 5) is 11.8. The molecule has 0 aliphatic heterocycles. The summed E-state index contributed by atoms with van der Waals surface area (Å²) in [5.74, 6) is 0.379. The van der Waals surface area contributed by atoms with E-state index in [1.54, 1.807) is 0 Å². The molecule has 1 aromatic rings. The summed E-state index contributed by atoms with van der Waals surface area (Å²) in [6.07, 6.45) is 0.966. The standard InChI is InChI=1S/C18H24O2/c1-12(13(2)14-9-7-6-8-10-14)11-15-16(17(19)20-5)18(15,3)4/h6-10,15-16H,11H2,1-5H3/b13-12-. The number of esters is 1. The topological polar surface area (TPSA) is 26.3 Å². The summed E-state index contributed by atoms with van der Waals surface area (Å²) in [7, 11) is 1.48. The van der Waals surface area contributed by atoms with Crippen molar-refractivity contribution >= 4 is 11.5 Å². The van der Waals surface area contributed by atoms with Crippen LogP contribution < -0.4 is 0 Å². The van der Waals surface area contributed by atoms with Crippen molar-refractivity contribution in [3.63, 3.8) is 0 Å². The average molecular weight is 272 g/mol. The van der Waals surface area contributed by atoms with Crippen molar-refractivity contribution in [2.24, 2.45) is 17.3 Å². The summed E-state index contributed by atoms with van der Waals surface area (Å²) >= 11 is 0. The first-order valence-corrected chi connectivity index (χ1v) is 7.19. The van der Waals surface area contributed by atoms with Crippen LogP contribution in [-0.4, -0.2) is 13.1 Å². The fourth-order valence-electron chi connectivity index (χ4n) is 3.14. The number of allylic oxidation sites excluding steroid dienone is 2. The highest BCUT2D eigenvalue weighted by Crippen LogP contribution is 2.61. The molecule has 0 spiro atoms. The van der Waals surface area contributed by atoms with Crippen molar-refractivity contribution in [3.05, 3.63) is 41.5 Å². The molecule has 2 heteroatoms. The summed E-state index contributed by atoms with van der Waals surface area (Å²) in [6.45, 7) is 8.65. The fourth-order valence-corrected chi connectivity index (χ4v) is 3.14. The van der Waals surface area contributed by atoms with E-state index in [0.29, 0.717) is 5.92 Å². The maximum atomic E-state index is 11.8. The van der Waals surface area contributed by atoms with Crippen molar-refractivity contribution in [1.82, 2.24) is 0 Å². The number of hydrogen-bond donors (Lipinski definition) is 0. The molecule has 0 heterocycles. The molecule has 1 fully saturated rings.